The van der Waals surface area contributed by atoms with Gasteiger partial charge in [0.15, 0.2) is 0 Å². The van der Waals surface area contributed by atoms with Crippen LogP contribution in [0.2, 0.25) is 0 Å². The minimum atomic E-state index is 0.189. The number of allylic oxidation sites excluding steroid dienone is 1. The van der Waals surface area contributed by atoms with Gasteiger partial charge in [-0.05, 0) is 32.7 Å². The lowest BCUT2D eigenvalue weighted by Crippen LogP contribution is -2.40. The molecule has 1 saturated heterocycles. The summed E-state index contributed by atoms with van der Waals surface area (Å²) in [6, 6.07) is 0. The average Bonchev–Trinajstić information content (AvgIpc) is 2.25. The lowest BCUT2D eigenvalue weighted by atomic mass is 9.99. The van der Waals surface area contributed by atoms with Gasteiger partial charge >= 0.3 is 0 Å². The fraction of sp³-hybridized carbons (Fsp3) is 0.727. The molecule has 1 aliphatic heterocycles. The third-order valence-electron chi connectivity index (χ3n) is 2.51. The molecule has 80 valence electrons. The second kappa shape index (κ2) is 6.60. The predicted molar refractivity (Wildman–Crippen MR) is 58.0 cm³/mol. The fourth-order valence-corrected chi connectivity index (χ4v) is 1.67. The zero-order chi connectivity index (χ0) is 10.2. The molecule has 1 fully saturated rings. The van der Waals surface area contributed by atoms with E-state index in [1.165, 1.54) is 0 Å². The van der Waals surface area contributed by atoms with Crippen molar-refractivity contribution in [2.75, 3.05) is 19.6 Å². The molecule has 14 heavy (non-hydrogen) atoms. The maximum atomic E-state index is 11.6. The van der Waals surface area contributed by atoms with Gasteiger partial charge in [-0.2, -0.15) is 0 Å². The molecule has 0 aromatic carbocycles. The van der Waals surface area contributed by atoms with Gasteiger partial charge in [0.1, 0.15) is 0 Å². The monoisotopic (exact) mass is 196 g/mol. The second-order valence-corrected chi connectivity index (χ2v) is 3.69. The van der Waals surface area contributed by atoms with Crippen molar-refractivity contribution in [3.8, 4) is 0 Å². The van der Waals surface area contributed by atoms with Gasteiger partial charge in [-0.1, -0.05) is 12.2 Å². The Hall–Kier alpha value is -0.830. The molecular formula is C11H20N2O. The zero-order valence-corrected chi connectivity index (χ0v) is 8.88. The van der Waals surface area contributed by atoms with E-state index in [4.69, 9.17) is 0 Å². The summed E-state index contributed by atoms with van der Waals surface area (Å²) < 4.78 is 0. The molecule has 1 atom stereocenters. The third kappa shape index (κ3) is 3.92. The van der Waals surface area contributed by atoms with Crippen molar-refractivity contribution < 1.29 is 4.79 Å². The summed E-state index contributed by atoms with van der Waals surface area (Å²) in [4.78, 5) is 11.6. The molecule has 1 rings (SSSR count). The van der Waals surface area contributed by atoms with E-state index in [1.807, 2.05) is 13.0 Å². The Morgan fingerprint density at radius 3 is 3.14 bits per heavy atom. The summed E-state index contributed by atoms with van der Waals surface area (Å²) in [5, 5.41) is 6.20. The van der Waals surface area contributed by atoms with Crippen molar-refractivity contribution in [1.29, 1.82) is 0 Å². The van der Waals surface area contributed by atoms with E-state index in [2.05, 4.69) is 16.7 Å². The molecule has 2 N–H and O–H groups in total. The second-order valence-electron chi connectivity index (χ2n) is 3.69. The Morgan fingerprint density at radius 1 is 1.64 bits per heavy atom. The van der Waals surface area contributed by atoms with Gasteiger partial charge in [-0.15, -0.1) is 0 Å². The first-order chi connectivity index (χ1) is 6.84. The van der Waals surface area contributed by atoms with E-state index in [0.29, 0.717) is 0 Å². The molecule has 1 heterocycles. The summed E-state index contributed by atoms with van der Waals surface area (Å²) in [6.07, 6.45) is 7.16. The highest BCUT2D eigenvalue weighted by molar-refractivity contribution is 5.78. The first-order valence-electron chi connectivity index (χ1n) is 5.44. The zero-order valence-electron chi connectivity index (χ0n) is 8.88. The first-order valence-corrected chi connectivity index (χ1v) is 5.44. The number of nitrogens with one attached hydrogen (secondary N) is 2. The molecule has 3 heteroatoms. The molecule has 1 unspecified atom stereocenters. The first kappa shape index (κ1) is 11.2. The third-order valence-corrected chi connectivity index (χ3v) is 2.51. The number of carbonyl (C=O) groups is 1. The summed E-state index contributed by atoms with van der Waals surface area (Å²) in [6.45, 7) is 4.66. The molecule has 1 amide bonds. The molecule has 3 nitrogen and oxygen atoms in total. The largest absolute Gasteiger partial charge is 0.356 e. The summed E-state index contributed by atoms with van der Waals surface area (Å²) in [5.41, 5.74) is 0. The lowest BCUT2D eigenvalue weighted by molar-refractivity contribution is -0.125. The lowest BCUT2D eigenvalue weighted by Gasteiger charge is -2.21. The van der Waals surface area contributed by atoms with E-state index >= 15 is 0 Å². The SMILES string of the molecule is C/C=C/CCNC(=O)C1CCCNC1. The van der Waals surface area contributed by atoms with E-state index in [-0.39, 0.29) is 11.8 Å². The summed E-state index contributed by atoms with van der Waals surface area (Å²) in [5.74, 6) is 0.399. The number of hydrogen-bond donors (Lipinski definition) is 2. The van der Waals surface area contributed by atoms with Crippen molar-refractivity contribution in [3.63, 3.8) is 0 Å². The number of amides is 1. The molecule has 0 saturated carbocycles. The molecule has 0 aromatic rings. The molecule has 0 radical (unpaired) electrons. The smallest absolute Gasteiger partial charge is 0.224 e. The van der Waals surface area contributed by atoms with Gasteiger partial charge in [0.2, 0.25) is 5.91 Å². The van der Waals surface area contributed by atoms with Crippen LogP contribution >= 0.6 is 0 Å². The maximum Gasteiger partial charge on any atom is 0.224 e. The molecular weight excluding hydrogens is 176 g/mol. The quantitative estimate of drug-likeness (QED) is 0.521. The van der Waals surface area contributed by atoms with Gasteiger partial charge in [-0.25, -0.2) is 0 Å². The average molecular weight is 196 g/mol. The van der Waals surface area contributed by atoms with Crippen LogP contribution in [0.15, 0.2) is 12.2 Å². The van der Waals surface area contributed by atoms with Gasteiger partial charge in [0.05, 0.1) is 5.92 Å². The fourth-order valence-electron chi connectivity index (χ4n) is 1.67. The van der Waals surface area contributed by atoms with Crippen molar-refractivity contribution in [2.24, 2.45) is 5.92 Å². The minimum Gasteiger partial charge on any atom is -0.356 e. The molecule has 0 spiro atoms. The highest BCUT2D eigenvalue weighted by atomic mass is 16.1. The maximum absolute atomic E-state index is 11.6. The van der Waals surface area contributed by atoms with Gasteiger partial charge in [0, 0.05) is 13.1 Å². The Morgan fingerprint density at radius 2 is 2.50 bits per heavy atom. The Bertz CT molecular complexity index is 195. The van der Waals surface area contributed by atoms with Crippen molar-refractivity contribution in [1.82, 2.24) is 10.6 Å². The molecule has 1 aliphatic rings. The Balaban J connectivity index is 2.13. The van der Waals surface area contributed by atoms with Crippen LogP contribution in [-0.4, -0.2) is 25.5 Å². The number of piperidine rings is 1. The van der Waals surface area contributed by atoms with Crippen LogP contribution < -0.4 is 10.6 Å². The summed E-state index contributed by atoms with van der Waals surface area (Å²) in [7, 11) is 0. The topological polar surface area (TPSA) is 41.1 Å². The van der Waals surface area contributed by atoms with E-state index in [1.54, 1.807) is 0 Å². The normalized spacial score (nSPS) is 22.5. The van der Waals surface area contributed by atoms with Crippen LogP contribution in [-0.2, 0) is 4.79 Å². The molecule has 0 aromatic heterocycles. The van der Waals surface area contributed by atoms with Crippen molar-refractivity contribution in [3.05, 3.63) is 12.2 Å². The number of carbonyl (C=O) groups excluding carboxylic acids is 1. The van der Waals surface area contributed by atoms with Crippen LogP contribution in [0.4, 0.5) is 0 Å². The van der Waals surface area contributed by atoms with Gasteiger partial charge in [0.25, 0.3) is 0 Å². The van der Waals surface area contributed by atoms with Crippen LogP contribution in [0, 0.1) is 5.92 Å². The van der Waals surface area contributed by atoms with Crippen molar-refractivity contribution in [2.45, 2.75) is 26.2 Å². The van der Waals surface area contributed by atoms with E-state index in [9.17, 15) is 4.79 Å². The van der Waals surface area contributed by atoms with Crippen molar-refractivity contribution >= 4 is 5.91 Å². The van der Waals surface area contributed by atoms with Crippen LogP contribution in [0.25, 0.3) is 0 Å². The molecule has 0 aliphatic carbocycles. The Labute approximate surface area is 86.0 Å². The highest BCUT2D eigenvalue weighted by Gasteiger charge is 2.19. The van der Waals surface area contributed by atoms with Gasteiger partial charge < -0.3 is 10.6 Å². The molecule has 0 bridgehead atoms. The highest BCUT2D eigenvalue weighted by Crippen LogP contribution is 2.09. The summed E-state index contributed by atoms with van der Waals surface area (Å²) >= 11 is 0. The van der Waals surface area contributed by atoms with Crippen LogP contribution in [0.1, 0.15) is 26.2 Å². The number of rotatable bonds is 4. The number of hydrogen-bond acceptors (Lipinski definition) is 2. The Kier molecular flexibility index (Phi) is 5.30. The van der Waals surface area contributed by atoms with Crippen LogP contribution in [0.5, 0.6) is 0 Å². The predicted octanol–water partition coefficient (Wildman–Crippen LogP) is 1.07. The van der Waals surface area contributed by atoms with Crippen LogP contribution in [0.3, 0.4) is 0 Å². The van der Waals surface area contributed by atoms with Gasteiger partial charge in [-0.3, -0.25) is 4.79 Å². The minimum absolute atomic E-state index is 0.189. The van der Waals surface area contributed by atoms with E-state index in [0.717, 1.165) is 38.9 Å². The van der Waals surface area contributed by atoms with E-state index < -0.39 is 0 Å². The standard InChI is InChI=1S/C11H20N2O/c1-2-3-4-8-13-11(14)10-6-5-7-12-9-10/h2-3,10,12H,4-9H2,1H3,(H,13,14)/b3-2+.